The summed E-state index contributed by atoms with van der Waals surface area (Å²) in [6, 6.07) is 0. The van der Waals surface area contributed by atoms with Gasteiger partial charge in [0.2, 0.25) is 0 Å². The maximum absolute atomic E-state index is 13.8. The number of aliphatic carboxylic acids is 1. The van der Waals surface area contributed by atoms with Crippen LogP contribution in [-0.2, 0) is 9.59 Å². The summed E-state index contributed by atoms with van der Waals surface area (Å²) in [5, 5.41) is 28.6. The molecule has 0 aliphatic heterocycles. The molecule has 4 aliphatic carbocycles. The summed E-state index contributed by atoms with van der Waals surface area (Å²) in [7, 11) is 0. The second-order valence-electron chi connectivity index (χ2n) is 12.4. The van der Waals surface area contributed by atoms with Gasteiger partial charge in [0.1, 0.15) is 5.78 Å². The molecule has 0 saturated heterocycles. The Kier molecular flexibility index (Phi) is 6.57. The van der Waals surface area contributed by atoms with E-state index in [-0.39, 0.29) is 11.8 Å². The van der Waals surface area contributed by atoms with Gasteiger partial charge >= 0.3 is 5.97 Å². The third-order valence-corrected chi connectivity index (χ3v) is 11.1. The summed E-state index contributed by atoms with van der Waals surface area (Å²) >= 11 is 0. The molecule has 4 aliphatic rings. The number of carbonyl (C=O) groups excluding carboxylic acids is 1. The molecular formula is C27H44O5. The Morgan fingerprint density at radius 1 is 1.12 bits per heavy atom. The van der Waals surface area contributed by atoms with Crippen LogP contribution in [0.1, 0.15) is 97.8 Å². The smallest absolute Gasteiger partial charge is 0.338 e. The fourth-order valence-electron chi connectivity index (χ4n) is 9.12. The van der Waals surface area contributed by atoms with Crippen LogP contribution < -0.4 is 0 Å². The van der Waals surface area contributed by atoms with Gasteiger partial charge in [-0.05, 0) is 92.3 Å². The standard InChI is InChI=1S/C27H44O5/c1-17(7-6-14-27(32,16-28)24(30)31)20-11-12-21-19-10-9-18-8-4-5-13-25(18,2)22(19)15-23(29)26(20,21)3/h17-22,28,32H,4-16H2,1-3H3,(H,30,31)/t17-,18+,19+,20-,21+,22+,25+,26-,27?/m1/s1. The van der Waals surface area contributed by atoms with Crippen LogP contribution in [0.3, 0.4) is 0 Å². The predicted molar refractivity (Wildman–Crippen MR) is 123 cm³/mol. The lowest BCUT2D eigenvalue weighted by molar-refractivity contribution is -0.163. The van der Waals surface area contributed by atoms with E-state index in [1.54, 1.807) is 0 Å². The maximum Gasteiger partial charge on any atom is 0.338 e. The summed E-state index contributed by atoms with van der Waals surface area (Å²) in [6.07, 6.45) is 12.3. The van der Waals surface area contributed by atoms with Crippen LogP contribution in [0.5, 0.6) is 0 Å². The topological polar surface area (TPSA) is 94.8 Å². The zero-order valence-electron chi connectivity index (χ0n) is 20.3. The van der Waals surface area contributed by atoms with E-state index in [2.05, 4.69) is 20.8 Å². The molecule has 182 valence electrons. The number of hydrogen-bond acceptors (Lipinski definition) is 4. The van der Waals surface area contributed by atoms with Gasteiger partial charge in [-0.3, -0.25) is 4.79 Å². The Morgan fingerprint density at radius 2 is 1.88 bits per heavy atom. The number of aliphatic hydroxyl groups excluding tert-OH is 1. The first-order valence-corrected chi connectivity index (χ1v) is 13.2. The molecule has 0 bridgehead atoms. The van der Waals surface area contributed by atoms with E-state index >= 15 is 0 Å². The second-order valence-corrected chi connectivity index (χ2v) is 12.4. The number of carboxylic acids is 1. The molecule has 32 heavy (non-hydrogen) atoms. The zero-order valence-corrected chi connectivity index (χ0v) is 20.3. The van der Waals surface area contributed by atoms with E-state index in [9.17, 15) is 24.9 Å². The molecule has 0 aromatic heterocycles. The molecular weight excluding hydrogens is 404 g/mol. The molecule has 0 heterocycles. The molecule has 4 rings (SSSR count). The van der Waals surface area contributed by atoms with Crippen LogP contribution in [0.15, 0.2) is 0 Å². The number of fused-ring (bicyclic) bond motifs is 5. The van der Waals surface area contributed by atoms with Crippen molar-refractivity contribution in [3.05, 3.63) is 0 Å². The average Bonchev–Trinajstić information content (AvgIpc) is 3.12. The van der Waals surface area contributed by atoms with E-state index in [0.29, 0.717) is 47.2 Å². The van der Waals surface area contributed by atoms with Crippen molar-refractivity contribution in [2.75, 3.05) is 6.61 Å². The monoisotopic (exact) mass is 448 g/mol. The van der Waals surface area contributed by atoms with Crippen molar-refractivity contribution in [2.45, 2.75) is 103 Å². The van der Waals surface area contributed by atoms with Crippen LogP contribution in [0.4, 0.5) is 0 Å². The second kappa shape index (κ2) is 8.69. The van der Waals surface area contributed by atoms with E-state index < -0.39 is 18.2 Å². The van der Waals surface area contributed by atoms with E-state index in [1.807, 2.05) is 0 Å². The van der Waals surface area contributed by atoms with Crippen molar-refractivity contribution in [1.82, 2.24) is 0 Å². The number of carbonyl (C=O) groups is 2. The molecule has 5 nitrogen and oxygen atoms in total. The summed E-state index contributed by atoms with van der Waals surface area (Å²) in [5.74, 6) is 2.33. The Labute approximate surface area is 193 Å². The summed E-state index contributed by atoms with van der Waals surface area (Å²) in [4.78, 5) is 25.1. The average molecular weight is 449 g/mol. The van der Waals surface area contributed by atoms with Gasteiger partial charge in [-0.1, -0.05) is 40.0 Å². The Hall–Kier alpha value is -0.940. The molecule has 5 heteroatoms. The molecule has 0 amide bonds. The van der Waals surface area contributed by atoms with Gasteiger partial charge in [0, 0.05) is 11.8 Å². The third-order valence-electron chi connectivity index (χ3n) is 11.1. The number of carboxylic acid groups (broad SMARTS) is 1. The third kappa shape index (κ3) is 3.66. The van der Waals surface area contributed by atoms with E-state index in [4.69, 9.17) is 0 Å². The zero-order chi connectivity index (χ0) is 23.3. The molecule has 3 N–H and O–H groups in total. The molecule has 4 fully saturated rings. The molecule has 0 spiro atoms. The minimum Gasteiger partial charge on any atom is -0.479 e. The molecule has 4 saturated carbocycles. The Balaban J connectivity index is 1.46. The largest absolute Gasteiger partial charge is 0.479 e. The van der Waals surface area contributed by atoms with Gasteiger partial charge in [-0.25, -0.2) is 4.79 Å². The van der Waals surface area contributed by atoms with Gasteiger partial charge in [0.15, 0.2) is 5.60 Å². The van der Waals surface area contributed by atoms with Crippen molar-refractivity contribution in [2.24, 2.45) is 46.3 Å². The van der Waals surface area contributed by atoms with Gasteiger partial charge in [0.25, 0.3) is 0 Å². The van der Waals surface area contributed by atoms with Crippen molar-refractivity contribution >= 4 is 11.8 Å². The highest BCUT2D eigenvalue weighted by atomic mass is 16.4. The van der Waals surface area contributed by atoms with Gasteiger partial charge in [0.05, 0.1) is 6.61 Å². The molecule has 0 radical (unpaired) electrons. The van der Waals surface area contributed by atoms with Crippen LogP contribution >= 0.6 is 0 Å². The predicted octanol–water partition coefficient (Wildman–Crippen LogP) is 4.83. The van der Waals surface area contributed by atoms with Gasteiger partial charge in [-0.2, -0.15) is 0 Å². The van der Waals surface area contributed by atoms with Crippen LogP contribution in [0, 0.1) is 46.3 Å². The van der Waals surface area contributed by atoms with Crippen molar-refractivity contribution in [3.8, 4) is 0 Å². The minimum atomic E-state index is -2.05. The summed E-state index contributed by atoms with van der Waals surface area (Å²) in [5.41, 5.74) is -1.95. The Morgan fingerprint density at radius 3 is 2.56 bits per heavy atom. The highest BCUT2D eigenvalue weighted by Gasteiger charge is 2.63. The molecule has 1 unspecified atom stereocenters. The lowest BCUT2D eigenvalue weighted by Crippen LogP contribution is -2.56. The number of rotatable bonds is 7. The van der Waals surface area contributed by atoms with Gasteiger partial charge < -0.3 is 15.3 Å². The van der Waals surface area contributed by atoms with Crippen LogP contribution in [0.2, 0.25) is 0 Å². The van der Waals surface area contributed by atoms with Gasteiger partial charge in [-0.15, -0.1) is 0 Å². The first-order chi connectivity index (χ1) is 15.1. The molecule has 0 aromatic carbocycles. The normalized spacial score (nSPS) is 44.2. The van der Waals surface area contributed by atoms with E-state index in [0.717, 1.165) is 31.6 Å². The number of aliphatic hydroxyl groups is 2. The lowest BCUT2D eigenvalue weighted by atomic mass is 9.44. The summed E-state index contributed by atoms with van der Waals surface area (Å²) in [6.45, 7) is 6.20. The SMILES string of the molecule is C[C@H](CCCC(O)(CO)C(=O)O)[C@H]1CC[C@H]2[C@@H]3CC[C@@H]4CCCC[C@]4(C)[C@H]3CC(=O)[C@]12C. The quantitative estimate of drug-likeness (QED) is 0.519. The van der Waals surface area contributed by atoms with Crippen molar-refractivity contribution < 1.29 is 24.9 Å². The Bertz CT molecular complexity index is 736. The first-order valence-electron chi connectivity index (χ1n) is 13.2. The van der Waals surface area contributed by atoms with E-state index in [1.165, 1.54) is 38.5 Å². The lowest BCUT2D eigenvalue weighted by Gasteiger charge is -2.60. The number of ketones is 1. The highest BCUT2D eigenvalue weighted by Crippen LogP contribution is 2.67. The van der Waals surface area contributed by atoms with Crippen LogP contribution in [-0.4, -0.2) is 39.3 Å². The molecule has 9 atom stereocenters. The highest BCUT2D eigenvalue weighted by molar-refractivity contribution is 5.87. The molecule has 0 aromatic rings. The van der Waals surface area contributed by atoms with Crippen molar-refractivity contribution in [1.29, 1.82) is 0 Å². The minimum absolute atomic E-state index is 0.0500. The van der Waals surface area contributed by atoms with Crippen LogP contribution in [0.25, 0.3) is 0 Å². The fourth-order valence-corrected chi connectivity index (χ4v) is 9.12. The maximum atomic E-state index is 13.8. The number of hydrogen-bond donors (Lipinski definition) is 3. The first kappa shape index (κ1) is 24.2. The fraction of sp³-hybridized carbons (Fsp3) is 0.926. The summed E-state index contributed by atoms with van der Waals surface area (Å²) < 4.78 is 0. The van der Waals surface area contributed by atoms with Crippen molar-refractivity contribution in [3.63, 3.8) is 0 Å². The number of Topliss-reactive ketones (excluding diaryl/α,β-unsaturated/α-hetero) is 1.